The van der Waals surface area contributed by atoms with E-state index in [0.29, 0.717) is 19.7 Å². The molecule has 1 aromatic heterocycles. The van der Waals surface area contributed by atoms with E-state index in [-0.39, 0.29) is 11.9 Å². The molecule has 28 heavy (non-hydrogen) atoms. The minimum absolute atomic E-state index is 0.00619. The number of rotatable bonds is 6. The van der Waals surface area contributed by atoms with Crippen LogP contribution in [0, 0.1) is 0 Å². The van der Waals surface area contributed by atoms with E-state index >= 15 is 0 Å². The summed E-state index contributed by atoms with van der Waals surface area (Å²) in [6.45, 7) is 1.61. The first-order chi connectivity index (χ1) is 13.7. The van der Waals surface area contributed by atoms with Crippen LogP contribution in [0.4, 0.5) is 0 Å². The third-order valence-corrected chi connectivity index (χ3v) is 4.82. The van der Waals surface area contributed by atoms with Crippen LogP contribution in [-0.2, 0) is 11.3 Å². The molecule has 4 rings (SSSR count). The van der Waals surface area contributed by atoms with E-state index in [9.17, 15) is 4.79 Å². The molecule has 6 heteroatoms. The Morgan fingerprint density at radius 1 is 1.21 bits per heavy atom. The zero-order valence-corrected chi connectivity index (χ0v) is 15.9. The maximum atomic E-state index is 12.5. The molecule has 1 amide bonds. The Balaban J connectivity index is 1.33. The van der Waals surface area contributed by atoms with Crippen molar-refractivity contribution in [2.24, 2.45) is 0 Å². The lowest BCUT2D eigenvalue weighted by molar-refractivity contribution is -0.123. The van der Waals surface area contributed by atoms with Crippen LogP contribution in [-0.4, -0.2) is 40.8 Å². The molecular weight excluding hydrogens is 352 g/mol. The summed E-state index contributed by atoms with van der Waals surface area (Å²) in [6.07, 6.45) is 4.63. The average molecular weight is 376 g/mol. The van der Waals surface area contributed by atoms with Gasteiger partial charge in [-0.25, -0.2) is 4.68 Å². The van der Waals surface area contributed by atoms with E-state index in [2.05, 4.69) is 10.4 Å². The molecule has 0 saturated heterocycles. The van der Waals surface area contributed by atoms with Gasteiger partial charge in [0.15, 0.2) is 0 Å². The van der Waals surface area contributed by atoms with Crippen molar-refractivity contribution in [1.29, 1.82) is 0 Å². The lowest BCUT2D eigenvalue weighted by atomic mass is 10.0. The third kappa shape index (κ3) is 4.23. The van der Waals surface area contributed by atoms with Crippen LogP contribution in [0.25, 0.3) is 5.69 Å². The molecule has 0 aliphatic carbocycles. The van der Waals surface area contributed by atoms with Crippen molar-refractivity contribution in [3.63, 3.8) is 0 Å². The smallest absolute Gasteiger partial charge is 0.234 e. The largest absolute Gasteiger partial charge is 0.493 e. The molecule has 2 heterocycles. The van der Waals surface area contributed by atoms with Gasteiger partial charge < -0.3 is 10.1 Å². The first kappa shape index (κ1) is 18.3. The maximum absolute atomic E-state index is 12.5. The highest BCUT2D eigenvalue weighted by molar-refractivity contribution is 5.78. The second-order valence-corrected chi connectivity index (χ2v) is 7.10. The lowest BCUT2D eigenvalue weighted by Gasteiger charge is -2.27. The number of aromatic nitrogens is 2. The standard InChI is InChI=1S/C22H24N4O2/c1-25(14-17-13-23-26(15-17)18-7-3-2-4-8-18)16-22(27)24-20-11-12-28-21-10-6-5-9-19(20)21/h2-10,13,15,20H,11-12,14,16H2,1H3,(H,24,27). The number of carbonyl (C=O) groups excluding carboxylic acids is 1. The molecular formula is C22H24N4O2. The number of carbonyl (C=O) groups is 1. The Morgan fingerprint density at radius 2 is 2.00 bits per heavy atom. The zero-order chi connectivity index (χ0) is 19.3. The Morgan fingerprint density at radius 3 is 2.86 bits per heavy atom. The molecule has 1 atom stereocenters. The van der Waals surface area contributed by atoms with E-state index in [0.717, 1.165) is 29.0 Å². The van der Waals surface area contributed by atoms with Crippen LogP contribution in [0.5, 0.6) is 5.75 Å². The number of nitrogens with zero attached hydrogens (tertiary/aromatic N) is 3. The number of hydrogen-bond donors (Lipinski definition) is 1. The first-order valence-corrected chi connectivity index (χ1v) is 9.47. The highest BCUT2D eigenvalue weighted by atomic mass is 16.5. The van der Waals surface area contributed by atoms with Crippen molar-refractivity contribution < 1.29 is 9.53 Å². The van der Waals surface area contributed by atoms with Gasteiger partial charge in [0.05, 0.1) is 31.1 Å². The lowest BCUT2D eigenvalue weighted by Crippen LogP contribution is -2.38. The van der Waals surface area contributed by atoms with Gasteiger partial charge >= 0.3 is 0 Å². The van der Waals surface area contributed by atoms with Crippen LogP contribution in [0.2, 0.25) is 0 Å². The molecule has 1 N–H and O–H groups in total. The van der Waals surface area contributed by atoms with Gasteiger partial charge in [0.1, 0.15) is 5.75 Å². The normalized spacial score (nSPS) is 15.7. The monoisotopic (exact) mass is 376 g/mol. The molecule has 0 spiro atoms. The van der Waals surface area contributed by atoms with E-state index in [4.69, 9.17) is 4.74 Å². The summed E-state index contributed by atoms with van der Waals surface area (Å²) in [6, 6.07) is 17.9. The summed E-state index contributed by atoms with van der Waals surface area (Å²) in [5.74, 6) is 0.875. The van der Waals surface area contributed by atoms with Crippen molar-refractivity contribution in [3.8, 4) is 11.4 Å². The molecule has 1 aliphatic heterocycles. The van der Waals surface area contributed by atoms with E-state index in [1.807, 2.05) is 83.6 Å². The molecule has 0 radical (unpaired) electrons. The summed E-state index contributed by atoms with van der Waals surface area (Å²) in [7, 11) is 1.94. The van der Waals surface area contributed by atoms with Crippen LogP contribution in [0.1, 0.15) is 23.6 Å². The van der Waals surface area contributed by atoms with Crippen molar-refractivity contribution in [1.82, 2.24) is 20.0 Å². The molecule has 3 aromatic rings. The van der Waals surface area contributed by atoms with Gasteiger partial charge in [0, 0.05) is 30.3 Å². The first-order valence-electron chi connectivity index (χ1n) is 9.47. The van der Waals surface area contributed by atoms with Crippen LogP contribution in [0.15, 0.2) is 67.0 Å². The van der Waals surface area contributed by atoms with E-state index in [1.165, 1.54) is 0 Å². The fourth-order valence-corrected chi connectivity index (χ4v) is 3.51. The van der Waals surface area contributed by atoms with Gasteiger partial charge in [-0.05, 0) is 25.2 Å². The number of amides is 1. The van der Waals surface area contributed by atoms with Gasteiger partial charge in [-0.3, -0.25) is 9.69 Å². The average Bonchev–Trinajstić information content (AvgIpc) is 3.17. The number of likely N-dealkylation sites (N-methyl/N-ethyl adjacent to an activating group) is 1. The van der Waals surface area contributed by atoms with Crippen molar-refractivity contribution in [2.45, 2.75) is 19.0 Å². The molecule has 1 aliphatic rings. The van der Waals surface area contributed by atoms with Crippen molar-refractivity contribution in [2.75, 3.05) is 20.2 Å². The molecule has 2 aromatic carbocycles. The number of ether oxygens (including phenoxy) is 1. The molecule has 144 valence electrons. The molecule has 6 nitrogen and oxygen atoms in total. The van der Waals surface area contributed by atoms with E-state index < -0.39 is 0 Å². The Labute approximate surface area is 164 Å². The van der Waals surface area contributed by atoms with E-state index in [1.54, 1.807) is 0 Å². The Hall–Kier alpha value is -3.12. The third-order valence-electron chi connectivity index (χ3n) is 4.82. The topological polar surface area (TPSA) is 59.4 Å². The zero-order valence-electron chi connectivity index (χ0n) is 15.9. The quantitative estimate of drug-likeness (QED) is 0.719. The van der Waals surface area contributed by atoms with Crippen LogP contribution >= 0.6 is 0 Å². The van der Waals surface area contributed by atoms with Crippen molar-refractivity contribution in [3.05, 3.63) is 78.1 Å². The Bertz CT molecular complexity index is 938. The summed E-state index contributed by atoms with van der Waals surface area (Å²) < 4.78 is 7.51. The minimum Gasteiger partial charge on any atom is -0.493 e. The second kappa shape index (κ2) is 8.27. The maximum Gasteiger partial charge on any atom is 0.234 e. The number of fused-ring (bicyclic) bond motifs is 1. The highest BCUT2D eigenvalue weighted by Crippen LogP contribution is 2.31. The summed E-state index contributed by atoms with van der Waals surface area (Å²) in [4.78, 5) is 14.5. The second-order valence-electron chi connectivity index (χ2n) is 7.10. The van der Waals surface area contributed by atoms with Gasteiger partial charge in [-0.15, -0.1) is 0 Å². The van der Waals surface area contributed by atoms with Crippen LogP contribution in [0.3, 0.4) is 0 Å². The molecule has 1 unspecified atom stereocenters. The SMILES string of the molecule is CN(CC(=O)NC1CCOc2ccccc21)Cc1cnn(-c2ccccc2)c1. The summed E-state index contributed by atoms with van der Waals surface area (Å²) in [5.41, 5.74) is 3.14. The minimum atomic E-state index is 0.00619. The van der Waals surface area contributed by atoms with Gasteiger partial charge in [0.25, 0.3) is 0 Å². The summed E-state index contributed by atoms with van der Waals surface area (Å²) in [5, 5.41) is 7.55. The number of hydrogen-bond acceptors (Lipinski definition) is 4. The molecule has 0 saturated carbocycles. The van der Waals surface area contributed by atoms with Gasteiger partial charge in [-0.1, -0.05) is 36.4 Å². The fraction of sp³-hybridized carbons (Fsp3) is 0.273. The van der Waals surface area contributed by atoms with Crippen molar-refractivity contribution >= 4 is 5.91 Å². The van der Waals surface area contributed by atoms with Crippen LogP contribution < -0.4 is 10.1 Å². The predicted octanol–water partition coefficient (Wildman–Crippen LogP) is 2.94. The molecule has 0 fully saturated rings. The number of para-hydroxylation sites is 2. The van der Waals surface area contributed by atoms with Gasteiger partial charge in [-0.2, -0.15) is 5.10 Å². The molecule has 0 bridgehead atoms. The highest BCUT2D eigenvalue weighted by Gasteiger charge is 2.23. The summed E-state index contributed by atoms with van der Waals surface area (Å²) >= 11 is 0. The number of nitrogens with one attached hydrogen (secondary N) is 1. The predicted molar refractivity (Wildman–Crippen MR) is 107 cm³/mol. The fourth-order valence-electron chi connectivity index (χ4n) is 3.51. The van der Waals surface area contributed by atoms with Gasteiger partial charge in [0.2, 0.25) is 5.91 Å². The number of benzene rings is 2. The Kier molecular flexibility index (Phi) is 5.39.